The summed E-state index contributed by atoms with van der Waals surface area (Å²) in [5.74, 6) is -0.657. The smallest absolute Gasteiger partial charge is 0.339 e. The summed E-state index contributed by atoms with van der Waals surface area (Å²) < 4.78 is 29.2. The van der Waals surface area contributed by atoms with Gasteiger partial charge in [-0.25, -0.2) is 4.79 Å². The highest BCUT2D eigenvalue weighted by molar-refractivity contribution is 5.76. The SMILES string of the molecule is [2H]C([2H])([2H])[N+]1(C)C2CCC1CC(OC(=O)C(O)c1ccccc1)C2.[Br-]. The third kappa shape index (κ3) is 3.21. The lowest BCUT2D eigenvalue weighted by Crippen LogP contribution is -3.00. The molecule has 4 nitrogen and oxygen atoms in total. The van der Waals surface area contributed by atoms with Crippen LogP contribution in [0.3, 0.4) is 0 Å². The lowest BCUT2D eigenvalue weighted by molar-refractivity contribution is -0.931. The number of hydrogen-bond donors (Lipinski definition) is 1. The summed E-state index contributed by atoms with van der Waals surface area (Å²) in [7, 11) is 1.80. The van der Waals surface area contributed by atoms with E-state index in [4.69, 9.17) is 8.85 Å². The molecule has 1 N–H and O–H groups in total. The number of halogens is 1. The summed E-state index contributed by atoms with van der Waals surface area (Å²) >= 11 is 0. The number of quaternary nitrogens is 1. The molecule has 5 heteroatoms. The van der Waals surface area contributed by atoms with Crippen molar-refractivity contribution in [2.45, 2.75) is 50.0 Å². The van der Waals surface area contributed by atoms with Crippen molar-refractivity contribution in [2.75, 3.05) is 14.0 Å². The Morgan fingerprint density at radius 2 is 1.91 bits per heavy atom. The first-order valence-corrected chi connectivity index (χ1v) is 7.53. The number of aliphatic hydroxyl groups is 1. The standard InChI is InChI=1S/C17H24NO3.BrH/c1-18(2)13-8-9-14(18)11-15(10-13)21-17(20)16(19)12-6-4-3-5-7-12;/h3-7,13-16,19H,8-11H2,1-2H3;1H/q+1;/p-1/i1D3;. The van der Waals surface area contributed by atoms with Crippen molar-refractivity contribution >= 4 is 5.97 Å². The summed E-state index contributed by atoms with van der Waals surface area (Å²) in [4.78, 5) is 12.2. The second-order valence-electron chi connectivity index (χ2n) is 6.38. The van der Waals surface area contributed by atoms with Gasteiger partial charge in [0.2, 0.25) is 0 Å². The molecule has 122 valence electrons. The summed E-state index contributed by atoms with van der Waals surface area (Å²) in [5.41, 5.74) is 0.504. The van der Waals surface area contributed by atoms with Crippen molar-refractivity contribution in [3.8, 4) is 0 Å². The maximum Gasteiger partial charge on any atom is 0.339 e. The van der Waals surface area contributed by atoms with Gasteiger partial charge in [0.05, 0.1) is 30.2 Å². The Bertz CT molecular complexity index is 597. The van der Waals surface area contributed by atoms with E-state index in [0.29, 0.717) is 18.4 Å². The maximum atomic E-state index is 12.2. The fourth-order valence-corrected chi connectivity index (χ4v) is 3.69. The molecule has 3 unspecified atom stereocenters. The Balaban J connectivity index is 0.00000225. The van der Waals surface area contributed by atoms with E-state index in [1.165, 1.54) is 0 Å². The molecule has 0 aromatic heterocycles. The Morgan fingerprint density at radius 1 is 1.32 bits per heavy atom. The first-order valence-electron chi connectivity index (χ1n) is 9.03. The van der Waals surface area contributed by atoms with E-state index in [1.54, 1.807) is 31.3 Å². The van der Waals surface area contributed by atoms with Crippen molar-refractivity contribution in [1.82, 2.24) is 0 Å². The van der Waals surface area contributed by atoms with E-state index < -0.39 is 19.0 Å². The third-order valence-corrected chi connectivity index (χ3v) is 5.04. The van der Waals surface area contributed by atoms with Crippen LogP contribution >= 0.6 is 0 Å². The van der Waals surface area contributed by atoms with E-state index in [-0.39, 0.29) is 39.7 Å². The number of aliphatic hydroxyl groups excluding tert-OH is 1. The number of carbonyl (C=O) groups excluding carboxylic acids is 1. The zero-order valence-corrected chi connectivity index (χ0v) is 14.2. The van der Waals surface area contributed by atoms with Crippen molar-refractivity contribution in [1.29, 1.82) is 0 Å². The number of esters is 1. The molecule has 2 heterocycles. The molecule has 0 amide bonds. The largest absolute Gasteiger partial charge is 1.00 e. The number of nitrogens with zero attached hydrogens (tertiary/aromatic N) is 1. The molecule has 0 radical (unpaired) electrons. The molecule has 2 aliphatic heterocycles. The average molecular weight is 373 g/mol. The predicted octanol–water partition coefficient (Wildman–Crippen LogP) is -0.963. The van der Waals surface area contributed by atoms with Crippen LogP contribution < -0.4 is 17.0 Å². The summed E-state index contributed by atoms with van der Waals surface area (Å²) in [6.07, 6.45) is 1.15. The van der Waals surface area contributed by atoms with Crippen molar-refractivity contribution < 1.29 is 40.2 Å². The number of benzene rings is 1. The number of fused-ring (bicyclic) bond motifs is 2. The van der Waals surface area contributed by atoms with Crippen molar-refractivity contribution in [3.05, 3.63) is 35.9 Å². The highest BCUT2D eigenvalue weighted by atomic mass is 79.9. The van der Waals surface area contributed by atoms with Gasteiger partial charge in [0.1, 0.15) is 6.10 Å². The number of carbonyl (C=O) groups is 1. The second kappa shape index (κ2) is 6.69. The highest BCUT2D eigenvalue weighted by Gasteiger charge is 2.50. The van der Waals surface area contributed by atoms with Crippen LogP contribution in [0.25, 0.3) is 0 Å². The van der Waals surface area contributed by atoms with Crippen LogP contribution in [0.5, 0.6) is 0 Å². The van der Waals surface area contributed by atoms with Gasteiger partial charge >= 0.3 is 5.97 Å². The molecule has 1 aromatic rings. The minimum atomic E-state index is -2.05. The fourth-order valence-electron chi connectivity index (χ4n) is 3.69. The lowest BCUT2D eigenvalue weighted by atomic mass is 9.97. The summed E-state index contributed by atoms with van der Waals surface area (Å²) in [6, 6.07) is 8.63. The van der Waals surface area contributed by atoms with E-state index in [0.717, 1.165) is 12.8 Å². The molecule has 0 saturated carbocycles. The second-order valence-corrected chi connectivity index (χ2v) is 6.38. The van der Waals surface area contributed by atoms with Crippen molar-refractivity contribution in [2.24, 2.45) is 0 Å². The first-order chi connectivity index (χ1) is 11.2. The van der Waals surface area contributed by atoms with Gasteiger partial charge in [-0.15, -0.1) is 0 Å². The monoisotopic (exact) mass is 372 g/mol. The highest BCUT2D eigenvalue weighted by Crippen LogP contribution is 2.40. The minimum Gasteiger partial charge on any atom is -1.00 e. The lowest BCUT2D eigenvalue weighted by Gasteiger charge is -2.43. The van der Waals surface area contributed by atoms with Gasteiger partial charge in [0.15, 0.2) is 6.10 Å². The molecule has 2 bridgehead atoms. The zero-order chi connectivity index (χ0) is 17.5. The first kappa shape index (κ1) is 13.5. The quantitative estimate of drug-likeness (QED) is 0.548. The van der Waals surface area contributed by atoms with Gasteiger partial charge in [-0.2, -0.15) is 0 Å². The molecule has 3 atom stereocenters. The van der Waals surface area contributed by atoms with Gasteiger partial charge in [-0.3, -0.25) is 0 Å². The molecule has 3 rings (SSSR count). The van der Waals surface area contributed by atoms with Crippen LogP contribution in [0, 0.1) is 0 Å². The third-order valence-electron chi connectivity index (χ3n) is 5.04. The maximum absolute atomic E-state index is 12.2. The van der Waals surface area contributed by atoms with Crippen LogP contribution in [-0.2, 0) is 9.53 Å². The van der Waals surface area contributed by atoms with E-state index in [9.17, 15) is 9.90 Å². The Morgan fingerprint density at radius 3 is 2.45 bits per heavy atom. The van der Waals surface area contributed by atoms with Crippen LogP contribution in [0.15, 0.2) is 30.3 Å². The predicted molar refractivity (Wildman–Crippen MR) is 79.4 cm³/mol. The Kier molecular flexibility index (Phi) is 4.11. The van der Waals surface area contributed by atoms with Crippen LogP contribution in [0.2, 0.25) is 0 Å². The molecule has 0 aliphatic carbocycles. The van der Waals surface area contributed by atoms with Gasteiger partial charge in [-0.1, -0.05) is 30.3 Å². The molecule has 0 spiro atoms. The number of rotatable bonds is 3. The Hall–Kier alpha value is -0.910. The summed E-state index contributed by atoms with van der Waals surface area (Å²) in [5, 5.41) is 10.1. The normalized spacial score (nSPS) is 37.2. The van der Waals surface area contributed by atoms with Gasteiger partial charge in [0.25, 0.3) is 0 Å². The average Bonchev–Trinajstić information content (AvgIpc) is 2.73. The molecule has 1 aromatic carbocycles. The molecule has 22 heavy (non-hydrogen) atoms. The molecule has 2 fully saturated rings. The van der Waals surface area contributed by atoms with Crippen LogP contribution in [0.1, 0.15) is 41.5 Å². The number of hydrogen-bond acceptors (Lipinski definition) is 3. The van der Waals surface area contributed by atoms with Gasteiger partial charge < -0.3 is 31.3 Å². The topological polar surface area (TPSA) is 46.5 Å². The van der Waals surface area contributed by atoms with Gasteiger partial charge in [-0.05, 0) is 5.56 Å². The summed E-state index contributed by atoms with van der Waals surface area (Å²) in [6.45, 7) is -2.05. The molecular weight excluding hydrogens is 346 g/mol. The van der Waals surface area contributed by atoms with Gasteiger partial charge in [0, 0.05) is 25.7 Å². The van der Waals surface area contributed by atoms with E-state index in [1.807, 2.05) is 6.07 Å². The fraction of sp³-hybridized carbons (Fsp3) is 0.588. The Labute approximate surface area is 146 Å². The number of ether oxygens (including phenoxy) is 1. The minimum absolute atomic E-state index is 0. The van der Waals surface area contributed by atoms with E-state index >= 15 is 0 Å². The van der Waals surface area contributed by atoms with Crippen molar-refractivity contribution in [3.63, 3.8) is 0 Å². The number of piperidine rings is 1. The molecular formula is C17H24BrNO3. The zero-order valence-electron chi connectivity index (χ0n) is 15.6. The van der Waals surface area contributed by atoms with E-state index in [2.05, 4.69) is 0 Å². The molecule has 2 saturated heterocycles. The van der Waals surface area contributed by atoms with Crippen LogP contribution in [0.4, 0.5) is 0 Å². The van der Waals surface area contributed by atoms with Crippen LogP contribution in [-0.4, -0.2) is 47.8 Å². The molecule has 2 aliphatic rings.